The van der Waals surface area contributed by atoms with Crippen molar-refractivity contribution in [3.05, 3.63) is 42.0 Å². The number of anilines is 3. The van der Waals surface area contributed by atoms with Gasteiger partial charge in [0, 0.05) is 49.5 Å². The van der Waals surface area contributed by atoms with E-state index in [1.165, 1.54) is 12.3 Å². The van der Waals surface area contributed by atoms with Gasteiger partial charge in [-0.15, -0.1) is 0 Å². The van der Waals surface area contributed by atoms with E-state index in [1.807, 2.05) is 4.90 Å². The highest BCUT2D eigenvalue weighted by Crippen LogP contribution is 2.35. The van der Waals surface area contributed by atoms with Crippen molar-refractivity contribution in [3.8, 4) is 0 Å². The maximum absolute atomic E-state index is 13.4. The number of hydrogen-bond acceptors (Lipinski definition) is 9. The molecule has 4 heterocycles. The van der Waals surface area contributed by atoms with Crippen LogP contribution in [0, 0.1) is 0 Å². The Hall–Kier alpha value is -3.25. The van der Waals surface area contributed by atoms with E-state index < -0.39 is 17.5 Å². The van der Waals surface area contributed by atoms with E-state index in [9.17, 15) is 13.2 Å². The molecule has 164 valence electrons. The molecule has 0 aromatic carbocycles. The molecule has 1 atom stereocenters. The third kappa shape index (κ3) is 4.91. The molecule has 0 bridgehead atoms. The molecule has 1 unspecified atom stereocenters. The fourth-order valence-corrected chi connectivity index (χ4v) is 3.08. The Balaban J connectivity index is 1.72. The molecule has 4 N–H and O–H groups in total. The van der Waals surface area contributed by atoms with Gasteiger partial charge in [0.1, 0.15) is 5.82 Å². The molecular weight excluding hydrogens is 413 g/mol. The van der Waals surface area contributed by atoms with Crippen LogP contribution in [0.1, 0.15) is 18.2 Å². The molecule has 31 heavy (non-hydrogen) atoms. The summed E-state index contributed by atoms with van der Waals surface area (Å²) in [5.74, 6) is -0.358. The van der Waals surface area contributed by atoms with E-state index >= 15 is 0 Å². The molecule has 0 saturated carbocycles. The summed E-state index contributed by atoms with van der Waals surface area (Å²) in [5.41, 5.74) is 5.93. The standard InChI is InChI=1S/C19H21F3N8O/c1-18(23)25-9-12(10-26-18)15-8-16(30-4-6-31-7-5-30)29-17(28-15)27-14-2-3-24-11-13(14)19(20,21)22/h2-3,8-11,25H,4-7,23H2,1H3,(H,24,27,28,29). The number of allylic oxidation sites excluding steroid dienone is 1. The fourth-order valence-electron chi connectivity index (χ4n) is 3.08. The second-order valence-corrected chi connectivity index (χ2v) is 7.23. The average molecular weight is 434 g/mol. The number of alkyl halides is 3. The molecular formula is C19H21F3N8O. The molecule has 9 nitrogen and oxygen atoms in total. The summed E-state index contributed by atoms with van der Waals surface area (Å²) < 4.78 is 45.5. The zero-order chi connectivity index (χ0) is 22.1. The van der Waals surface area contributed by atoms with Gasteiger partial charge in [-0.2, -0.15) is 18.2 Å². The predicted octanol–water partition coefficient (Wildman–Crippen LogP) is 2.12. The summed E-state index contributed by atoms with van der Waals surface area (Å²) in [5, 5.41) is 5.65. The summed E-state index contributed by atoms with van der Waals surface area (Å²) in [4.78, 5) is 18.6. The Kier molecular flexibility index (Phi) is 5.50. The van der Waals surface area contributed by atoms with Crippen molar-refractivity contribution in [3.63, 3.8) is 0 Å². The highest BCUT2D eigenvalue weighted by atomic mass is 19.4. The van der Waals surface area contributed by atoms with Gasteiger partial charge in [0.15, 0.2) is 5.79 Å². The largest absolute Gasteiger partial charge is 0.419 e. The van der Waals surface area contributed by atoms with Crippen LogP contribution in [-0.4, -0.2) is 53.3 Å². The zero-order valence-corrected chi connectivity index (χ0v) is 16.6. The number of rotatable bonds is 4. The van der Waals surface area contributed by atoms with E-state index in [1.54, 1.807) is 25.4 Å². The van der Waals surface area contributed by atoms with Crippen LogP contribution in [0.2, 0.25) is 0 Å². The van der Waals surface area contributed by atoms with Crippen LogP contribution < -0.4 is 21.3 Å². The van der Waals surface area contributed by atoms with Crippen molar-refractivity contribution in [1.82, 2.24) is 20.3 Å². The topological polar surface area (TPSA) is 114 Å². The Morgan fingerprint density at radius 3 is 2.71 bits per heavy atom. The summed E-state index contributed by atoms with van der Waals surface area (Å²) in [6.07, 6.45) is 0.689. The Morgan fingerprint density at radius 2 is 2.03 bits per heavy atom. The molecule has 4 rings (SSSR count). The van der Waals surface area contributed by atoms with Crippen LogP contribution in [0.3, 0.4) is 0 Å². The number of ether oxygens (including phenoxy) is 1. The van der Waals surface area contributed by atoms with Gasteiger partial charge in [0.2, 0.25) is 5.95 Å². The Morgan fingerprint density at radius 1 is 1.26 bits per heavy atom. The Bertz CT molecular complexity index is 1020. The summed E-state index contributed by atoms with van der Waals surface area (Å²) in [6, 6.07) is 2.99. The van der Waals surface area contributed by atoms with Crippen molar-refractivity contribution < 1.29 is 17.9 Å². The molecule has 2 aliphatic heterocycles. The number of aliphatic imine (C=N–C) groups is 1. The first-order valence-electron chi connectivity index (χ1n) is 9.54. The van der Waals surface area contributed by atoms with Gasteiger partial charge in [-0.3, -0.25) is 15.7 Å². The van der Waals surface area contributed by atoms with Crippen LogP contribution >= 0.6 is 0 Å². The minimum atomic E-state index is -4.57. The van der Waals surface area contributed by atoms with E-state index in [0.29, 0.717) is 43.4 Å². The van der Waals surface area contributed by atoms with Gasteiger partial charge in [-0.1, -0.05) is 0 Å². The molecule has 0 amide bonds. The first-order valence-corrected chi connectivity index (χ1v) is 9.54. The third-order valence-electron chi connectivity index (χ3n) is 4.71. The zero-order valence-electron chi connectivity index (χ0n) is 16.6. The summed E-state index contributed by atoms with van der Waals surface area (Å²) >= 11 is 0. The van der Waals surface area contributed by atoms with Crippen LogP contribution in [0.15, 0.2) is 35.7 Å². The van der Waals surface area contributed by atoms with Gasteiger partial charge >= 0.3 is 6.18 Å². The first kappa shape index (κ1) is 21.0. The number of pyridine rings is 1. The quantitative estimate of drug-likeness (QED) is 0.671. The van der Waals surface area contributed by atoms with Crippen molar-refractivity contribution in [2.45, 2.75) is 18.9 Å². The fraction of sp³-hybridized carbons (Fsp3) is 0.368. The molecule has 2 aromatic heterocycles. The molecule has 1 fully saturated rings. The third-order valence-corrected chi connectivity index (χ3v) is 4.71. The van der Waals surface area contributed by atoms with E-state index in [-0.39, 0.29) is 11.6 Å². The van der Waals surface area contributed by atoms with E-state index in [4.69, 9.17) is 10.5 Å². The lowest BCUT2D eigenvalue weighted by atomic mass is 10.1. The molecule has 12 heteroatoms. The molecule has 2 aromatic rings. The van der Waals surface area contributed by atoms with Crippen molar-refractivity contribution >= 4 is 29.2 Å². The molecule has 1 saturated heterocycles. The number of hydrogen-bond donors (Lipinski definition) is 3. The van der Waals surface area contributed by atoms with Crippen LogP contribution in [0.4, 0.5) is 30.6 Å². The number of nitrogens with zero attached hydrogens (tertiary/aromatic N) is 5. The second kappa shape index (κ2) is 8.12. The van der Waals surface area contributed by atoms with Gasteiger partial charge in [0.25, 0.3) is 0 Å². The number of nitrogens with one attached hydrogen (secondary N) is 2. The average Bonchev–Trinajstić information content (AvgIpc) is 2.74. The smallest absolute Gasteiger partial charge is 0.378 e. The number of morpholine rings is 1. The van der Waals surface area contributed by atoms with Gasteiger partial charge in [0.05, 0.1) is 30.2 Å². The van der Waals surface area contributed by atoms with Crippen LogP contribution in [0.5, 0.6) is 0 Å². The number of halogens is 3. The monoisotopic (exact) mass is 434 g/mol. The molecule has 0 radical (unpaired) electrons. The van der Waals surface area contributed by atoms with Gasteiger partial charge in [-0.25, -0.2) is 4.98 Å². The molecule has 0 aliphatic carbocycles. The lowest BCUT2D eigenvalue weighted by Gasteiger charge is -2.29. The van der Waals surface area contributed by atoms with Crippen molar-refractivity contribution in [1.29, 1.82) is 0 Å². The van der Waals surface area contributed by atoms with E-state index in [0.717, 1.165) is 6.20 Å². The number of nitrogens with two attached hydrogens (primary N) is 1. The minimum absolute atomic E-state index is 0.0195. The van der Waals surface area contributed by atoms with Gasteiger partial charge in [-0.05, 0) is 13.0 Å². The first-order chi connectivity index (χ1) is 14.7. The SMILES string of the molecule is CC1(N)N=CC(c2cc(N3CCOCC3)nc(Nc3ccncc3C(F)(F)F)n2)=CN1. The summed E-state index contributed by atoms with van der Waals surface area (Å²) in [7, 11) is 0. The van der Waals surface area contributed by atoms with Crippen LogP contribution in [-0.2, 0) is 10.9 Å². The maximum Gasteiger partial charge on any atom is 0.419 e. The highest BCUT2D eigenvalue weighted by Gasteiger charge is 2.34. The second-order valence-electron chi connectivity index (χ2n) is 7.23. The van der Waals surface area contributed by atoms with Gasteiger partial charge < -0.3 is 20.3 Å². The highest BCUT2D eigenvalue weighted by molar-refractivity contribution is 6.09. The van der Waals surface area contributed by atoms with Crippen LogP contribution in [0.25, 0.3) is 5.57 Å². The molecule has 0 spiro atoms. The lowest BCUT2D eigenvalue weighted by molar-refractivity contribution is -0.137. The predicted molar refractivity (Wildman–Crippen MR) is 110 cm³/mol. The van der Waals surface area contributed by atoms with E-state index in [2.05, 4.69) is 30.6 Å². The van der Waals surface area contributed by atoms with Crippen molar-refractivity contribution in [2.75, 3.05) is 36.5 Å². The normalized spacial score (nSPS) is 21.5. The van der Waals surface area contributed by atoms with Crippen molar-refractivity contribution in [2.24, 2.45) is 10.7 Å². The number of aromatic nitrogens is 3. The maximum atomic E-state index is 13.4. The minimum Gasteiger partial charge on any atom is -0.378 e. The lowest BCUT2D eigenvalue weighted by Crippen LogP contribution is -2.48. The summed E-state index contributed by atoms with van der Waals surface area (Å²) in [6.45, 7) is 3.96. The Labute approximate surface area is 176 Å². The molecule has 2 aliphatic rings.